The topological polar surface area (TPSA) is 6.48 Å². The van der Waals surface area contributed by atoms with Gasteiger partial charge in [0.1, 0.15) is 6.17 Å². The van der Waals surface area contributed by atoms with E-state index >= 15 is 0 Å². The van der Waals surface area contributed by atoms with Gasteiger partial charge in [-0.2, -0.15) is 0 Å². The number of hydrogen-bond acceptors (Lipinski definition) is 2. The summed E-state index contributed by atoms with van der Waals surface area (Å²) in [5, 5.41) is 0. The highest BCUT2D eigenvalue weighted by molar-refractivity contribution is 4.97. The van der Waals surface area contributed by atoms with Crippen LogP contribution in [0.3, 0.4) is 0 Å². The van der Waals surface area contributed by atoms with Crippen molar-refractivity contribution in [1.82, 2.24) is 9.80 Å². The molecule has 2 heteroatoms. The van der Waals surface area contributed by atoms with Crippen LogP contribution < -0.4 is 0 Å². The van der Waals surface area contributed by atoms with Crippen LogP contribution in [0.2, 0.25) is 0 Å². The fourth-order valence-corrected chi connectivity index (χ4v) is 4.95. The smallest absolute Gasteiger partial charge is 0.101 e. The number of unbranched alkanes of at least 4 members (excludes halogenated alkanes) is 17. The average Bonchev–Trinajstić information content (AvgIpc) is 3.16. The van der Waals surface area contributed by atoms with E-state index in [2.05, 4.69) is 43.0 Å². The minimum atomic E-state index is 0.645. The summed E-state index contributed by atoms with van der Waals surface area (Å²) in [7, 11) is 0. The van der Waals surface area contributed by atoms with Gasteiger partial charge in [-0.15, -0.1) is 0 Å². The molecule has 0 saturated heterocycles. The third-order valence-electron chi connectivity index (χ3n) is 7.07. The summed E-state index contributed by atoms with van der Waals surface area (Å²) < 4.78 is 0. The van der Waals surface area contributed by atoms with E-state index in [1.54, 1.807) is 0 Å². The maximum atomic E-state index is 2.67. The van der Waals surface area contributed by atoms with Crippen LogP contribution in [0.1, 0.15) is 156 Å². The Morgan fingerprint density at radius 1 is 0.419 bits per heavy atom. The van der Waals surface area contributed by atoms with Crippen molar-refractivity contribution < 1.29 is 0 Å². The average molecular weight is 435 g/mol. The summed E-state index contributed by atoms with van der Waals surface area (Å²) in [6, 6.07) is 0. The largest absolute Gasteiger partial charge is 0.356 e. The molecule has 1 aliphatic heterocycles. The van der Waals surface area contributed by atoms with E-state index in [0.717, 1.165) is 0 Å². The Morgan fingerprint density at radius 3 is 1.13 bits per heavy atom. The highest BCUT2D eigenvalue weighted by atomic mass is 15.4. The summed E-state index contributed by atoms with van der Waals surface area (Å²) in [6.07, 6.45) is 35.0. The number of hydrogen-bond donors (Lipinski definition) is 0. The first-order valence-corrected chi connectivity index (χ1v) is 14.5. The quantitative estimate of drug-likeness (QED) is 0.148. The lowest BCUT2D eigenvalue weighted by molar-refractivity contribution is 0.135. The summed E-state index contributed by atoms with van der Waals surface area (Å²) in [4.78, 5) is 5.34. The molecule has 0 fully saturated rings. The van der Waals surface area contributed by atoms with E-state index in [1.807, 2.05) is 0 Å². The van der Waals surface area contributed by atoms with Gasteiger partial charge < -0.3 is 9.80 Å². The lowest BCUT2D eigenvalue weighted by Gasteiger charge is -2.33. The van der Waals surface area contributed by atoms with Crippen LogP contribution in [0.25, 0.3) is 0 Å². The summed E-state index contributed by atoms with van der Waals surface area (Å²) in [5.41, 5.74) is 0. The number of nitrogens with zero attached hydrogens (tertiary/aromatic N) is 2. The second kappa shape index (κ2) is 21.2. The fraction of sp³-hybridized carbons (Fsp3) is 0.931. The van der Waals surface area contributed by atoms with Gasteiger partial charge in [-0.3, -0.25) is 0 Å². The Kier molecular flexibility index (Phi) is 19.4. The van der Waals surface area contributed by atoms with Crippen LogP contribution in [0.5, 0.6) is 0 Å². The van der Waals surface area contributed by atoms with Crippen LogP contribution in [0.15, 0.2) is 12.4 Å². The molecule has 0 atom stereocenters. The zero-order valence-electron chi connectivity index (χ0n) is 21.9. The van der Waals surface area contributed by atoms with E-state index in [1.165, 1.54) is 148 Å². The van der Waals surface area contributed by atoms with Gasteiger partial charge in [-0.05, 0) is 25.7 Å². The van der Waals surface area contributed by atoms with Gasteiger partial charge in [0.15, 0.2) is 0 Å². The fourth-order valence-electron chi connectivity index (χ4n) is 4.95. The van der Waals surface area contributed by atoms with Crippen molar-refractivity contribution in [2.24, 2.45) is 0 Å². The highest BCUT2D eigenvalue weighted by Crippen LogP contribution is 2.23. The lowest BCUT2D eigenvalue weighted by atomic mass is 10.0. The molecule has 0 bridgehead atoms. The zero-order chi connectivity index (χ0) is 22.4. The second-order valence-corrected chi connectivity index (χ2v) is 10.1. The van der Waals surface area contributed by atoms with E-state index in [0.29, 0.717) is 6.17 Å². The first kappa shape index (κ1) is 28.4. The number of rotatable bonds is 23. The van der Waals surface area contributed by atoms with Crippen LogP contribution >= 0.6 is 0 Å². The van der Waals surface area contributed by atoms with Crippen molar-refractivity contribution in [2.75, 3.05) is 13.1 Å². The minimum Gasteiger partial charge on any atom is -0.356 e. The van der Waals surface area contributed by atoms with Gasteiger partial charge in [0.25, 0.3) is 0 Å². The molecule has 31 heavy (non-hydrogen) atoms. The standard InChI is InChI=1S/C29H58N2/c1-4-7-10-13-14-15-16-17-18-21-24-29-30(25-22-19-11-8-5-2)27-28-31(29)26-23-20-12-9-6-3/h27-29H,4-26H2,1-3H3. The van der Waals surface area contributed by atoms with E-state index in [-0.39, 0.29) is 0 Å². The first-order valence-electron chi connectivity index (χ1n) is 14.5. The molecule has 1 heterocycles. The molecule has 0 amide bonds. The minimum absolute atomic E-state index is 0.645. The summed E-state index contributed by atoms with van der Waals surface area (Å²) in [5.74, 6) is 0. The van der Waals surface area contributed by atoms with Crippen LogP contribution in [0, 0.1) is 0 Å². The predicted molar refractivity (Wildman–Crippen MR) is 140 cm³/mol. The van der Waals surface area contributed by atoms with Gasteiger partial charge in [-0.25, -0.2) is 0 Å². The Balaban J connectivity index is 2.24. The molecule has 0 N–H and O–H groups in total. The van der Waals surface area contributed by atoms with Gasteiger partial charge >= 0.3 is 0 Å². The Hall–Kier alpha value is -0.660. The highest BCUT2D eigenvalue weighted by Gasteiger charge is 2.24. The normalized spacial score (nSPS) is 14.3. The molecular weight excluding hydrogens is 376 g/mol. The van der Waals surface area contributed by atoms with Crippen molar-refractivity contribution in [3.05, 3.63) is 12.4 Å². The van der Waals surface area contributed by atoms with Crippen molar-refractivity contribution in [3.63, 3.8) is 0 Å². The molecule has 0 aliphatic carbocycles. The molecule has 0 spiro atoms. The molecule has 2 nitrogen and oxygen atoms in total. The Labute approximate surface area is 197 Å². The maximum absolute atomic E-state index is 2.67. The molecule has 0 unspecified atom stereocenters. The Morgan fingerprint density at radius 2 is 0.742 bits per heavy atom. The van der Waals surface area contributed by atoms with Crippen LogP contribution in [-0.2, 0) is 0 Å². The molecule has 184 valence electrons. The van der Waals surface area contributed by atoms with E-state index < -0.39 is 0 Å². The van der Waals surface area contributed by atoms with Gasteiger partial charge in [0, 0.05) is 25.5 Å². The van der Waals surface area contributed by atoms with E-state index in [4.69, 9.17) is 0 Å². The molecule has 1 aliphatic rings. The molecule has 1 rings (SSSR count). The zero-order valence-corrected chi connectivity index (χ0v) is 21.9. The molecule has 0 aromatic heterocycles. The molecule has 0 aromatic rings. The molecule has 0 radical (unpaired) electrons. The van der Waals surface area contributed by atoms with Gasteiger partial charge in [0.05, 0.1) is 0 Å². The maximum Gasteiger partial charge on any atom is 0.101 e. The summed E-state index contributed by atoms with van der Waals surface area (Å²) >= 11 is 0. The van der Waals surface area contributed by atoms with Crippen LogP contribution in [-0.4, -0.2) is 29.1 Å². The predicted octanol–water partition coefficient (Wildman–Crippen LogP) is 9.65. The summed E-state index contributed by atoms with van der Waals surface area (Å²) in [6.45, 7) is 9.44. The van der Waals surface area contributed by atoms with E-state index in [9.17, 15) is 0 Å². The Bertz CT molecular complexity index is 368. The van der Waals surface area contributed by atoms with Crippen LogP contribution in [0.4, 0.5) is 0 Å². The van der Waals surface area contributed by atoms with Crippen molar-refractivity contribution >= 4 is 0 Å². The third kappa shape index (κ3) is 14.9. The molecule has 0 saturated carbocycles. The SMILES string of the molecule is CCCCCCCCCCCCC1N(CCCCCCC)C=CN1CCCCCCC. The van der Waals surface area contributed by atoms with Crippen molar-refractivity contribution in [1.29, 1.82) is 0 Å². The molecular formula is C29H58N2. The van der Waals surface area contributed by atoms with Gasteiger partial charge in [-0.1, -0.05) is 130 Å². The monoisotopic (exact) mass is 434 g/mol. The lowest BCUT2D eigenvalue weighted by Crippen LogP contribution is -2.39. The second-order valence-electron chi connectivity index (χ2n) is 10.1. The van der Waals surface area contributed by atoms with Crippen molar-refractivity contribution in [2.45, 2.75) is 162 Å². The molecule has 0 aromatic carbocycles. The first-order chi connectivity index (χ1) is 15.3. The van der Waals surface area contributed by atoms with Gasteiger partial charge in [0.2, 0.25) is 0 Å². The van der Waals surface area contributed by atoms with Crippen molar-refractivity contribution in [3.8, 4) is 0 Å². The third-order valence-corrected chi connectivity index (χ3v) is 7.07.